The van der Waals surface area contributed by atoms with Crippen molar-refractivity contribution in [1.82, 2.24) is 4.90 Å². The van der Waals surface area contributed by atoms with Gasteiger partial charge in [-0.15, -0.1) is 0 Å². The second-order valence-electron chi connectivity index (χ2n) is 5.23. The molecule has 0 radical (unpaired) electrons. The summed E-state index contributed by atoms with van der Waals surface area (Å²) in [6, 6.07) is 10.0. The number of amides is 1. The Bertz CT molecular complexity index is 655. The molecule has 1 atom stereocenters. The zero-order valence-corrected chi connectivity index (χ0v) is 13.0. The largest absolute Gasteiger partial charge is 0.444 e. The van der Waals surface area contributed by atoms with E-state index in [0.29, 0.717) is 16.9 Å². The van der Waals surface area contributed by atoms with Crippen LogP contribution in [0.3, 0.4) is 0 Å². The zero-order valence-electron chi connectivity index (χ0n) is 11.4. The second-order valence-corrected chi connectivity index (χ2v) is 6.01. The van der Waals surface area contributed by atoms with Crippen LogP contribution >= 0.6 is 15.9 Å². The summed E-state index contributed by atoms with van der Waals surface area (Å²) >= 11 is 3.21. The fraction of sp³-hybridized carbons (Fsp3) is 0.312. The predicted octanol–water partition coefficient (Wildman–Crippen LogP) is 4.03. The average Bonchev–Trinajstić information content (AvgIpc) is 3.07. The molecule has 0 spiro atoms. The maximum absolute atomic E-state index is 13.3. The fourth-order valence-electron chi connectivity index (χ4n) is 2.82. The summed E-state index contributed by atoms with van der Waals surface area (Å²) in [7, 11) is 0. The van der Waals surface area contributed by atoms with E-state index in [4.69, 9.17) is 4.42 Å². The summed E-state index contributed by atoms with van der Waals surface area (Å²) < 4.78 is 19.2. The molecule has 21 heavy (non-hydrogen) atoms. The van der Waals surface area contributed by atoms with Crippen LogP contribution in [0.4, 0.5) is 4.39 Å². The minimum Gasteiger partial charge on any atom is -0.444 e. The Labute approximate surface area is 130 Å². The highest BCUT2D eigenvalue weighted by Gasteiger charge is 2.31. The van der Waals surface area contributed by atoms with E-state index in [1.165, 1.54) is 12.1 Å². The standard InChI is InChI=1S/C16H15BrFNO2/c17-15-7-6-14(21-15)16(20)19-8-2-5-13(19)10-11-3-1-4-12(18)9-11/h1,3-4,6-7,9,13H,2,5,8,10H2. The van der Waals surface area contributed by atoms with Gasteiger partial charge < -0.3 is 9.32 Å². The molecule has 3 nitrogen and oxygen atoms in total. The van der Waals surface area contributed by atoms with Crippen LogP contribution in [0.1, 0.15) is 29.0 Å². The second kappa shape index (κ2) is 6.02. The summed E-state index contributed by atoms with van der Waals surface area (Å²) in [5.41, 5.74) is 0.917. The van der Waals surface area contributed by atoms with E-state index >= 15 is 0 Å². The average molecular weight is 352 g/mol. The normalized spacial score (nSPS) is 18.2. The van der Waals surface area contributed by atoms with Gasteiger partial charge in [-0.2, -0.15) is 0 Å². The molecule has 1 saturated heterocycles. The molecule has 0 bridgehead atoms. The van der Waals surface area contributed by atoms with E-state index in [-0.39, 0.29) is 17.8 Å². The van der Waals surface area contributed by atoms with Crippen molar-refractivity contribution < 1.29 is 13.6 Å². The predicted molar refractivity (Wildman–Crippen MR) is 80.6 cm³/mol. The van der Waals surface area contributed by atoms with Gasteiger partial charge in [0.05, 0.1) is 0 Å². The van der Waals surface area contributed by atoms with Crippen molar-refractivity contribution in [3.63, 3.8) is 0 Å². The van der Waals surface area contributed by atoms with Gasteiger partial charge in [-0.25, -0.2) is 4.39 Å². The SMILES string of the molecule is O=C(c1ccc(Br)o1)N1CCCC1Cc1cccc(F)c1. The Morgan fingerprint density at radius 1 is 1.38 bits per heavy atom. The summed E-state index contributed by atoms with van der Waals surface area (Å²) in [5.74, 6) is 0.00552. The number of benzene rings is 1. The van der Waals surface area contributed by atoms with Crippen LogP contribution in [0.15, 0.2) is 45.5 Å². The van der Waals surface area contributed by atoms with Gasteiger partial charge in [0, 0.05) is 12.6 Å². The Kier molecular flexibility index (Phi) is 4.10. The molecule has 0 saturated carbocycles. The van der Waals surface area contributed by atoms with Crippen LogP contribution in [0.2, 0.25) is 0 Å². The van der Waals surface area contributed by atoms with Crippen LogP contribution in [0.25, 0.3) is 0 Å². The first-order valence-corrected chi connectivity index (χ1v) is 7.73. The molecular weight excluding hydrogens is 337 g/mol. The smallest absolute Gasteiger partial charge is 0.289 e. The van der Waals surface area contributed by atoms with E-state index < -0.39 is 0 Å². The molecule has 5 heteroatoms. The monoisotopic (exact) mass is 351 g/mol. The number of rotatable bonds is 3. The number of hydrogen-bond acceptors (Lipinski definition) is 2. The van der Waals surface area contributed by atoms with E-state index in [2.05, 4.69) is 15.9 Å². The van der Waals surface area contributed by atoms with Gasteiger partial charge in [0.2, 0.25) is 0 Å². The van der Waals surface area contributed by atoms with Gasteiger partial charge >= 0.3 is 0 Å². The maximum Gasteiger partial charge on any atom is 0.289 e. The molecule has 1 aromatic carbocycles. The lowest BCUT2D eigenvalue weighted by molar-refractivity contribution is 0.0703. The third-order valence-electron chi connectivity index (χ3n) is 3.78. The van der Waals surface area contributed by atoms with Gasteiger partial charge in [0.25, 0.3) is 5.91 Å². The molecule has 1 unspecified atom stereocenters. The van der Waals surface area contributed by atoms with Gasteiger partial charge in [-0.3, -0.25) is 4.79 Å². The van der Waals surface area contributed by atoms with Crippen molar-refractivity contribution in [3.8, 4) is 0 Å². The number of carbonyl (C=O) groups excluding carboxylic acids is 1. The van der Waals surface area contributed by atoms with Crippen LogP contribution in [-0.2, 0) is 6.42 Å². The Morgan fingerprint density at radius 3 is 2.95 bits per heavy atom. The zero-order chi connectivity index (χ0) is 14.8. The number of likely N-dealkylation sites (tertiary alicyclic amines) is 1. The molecule has 2 aromatic rings. The number of furan rings is 1. The highest BCUT2D eigenvalue weighted by molar-refractivity contribution is 9.10. The van der Waals surface area contributed by atoms with E-state index in [0.717, 1.165) is 24.9 Å². The topological polar surface area (TPSA) is 33.5 Å². The Balaban J connectivity index is 1.75. The van der Waals surface area contributed by atoms with Gasteiger partial charge in [-0.05, 0) is 65.0 Å². The Hall–Kier alpha value is -1.62. The quantitative estimate of drug-likeness (QED) is 0.836. The minimum absolute atomic E-state index is 0.0976. The van der Waals surface area contributed by atoms with Crippen molar-refractivity contribution in [3.05, 3.63) is 58.2 Å². The molecule has 3 rings (SSSR count). The van der Waals surface area contributed by atoms with Gasteiger partial charge in [-0.1, -0.05) is 12.1 Å². The first kappa shape index (κ1) is 14.3. The first-order chi connectivity index (χ1) is 10.1. The highest BCUT2D eigenvalue weighted by atomic mass is 79.9. The molecule has 110 valence electrons. The maximum atomic E-state index is 13.3. The van der Waals surface area contributed by atoms with E-state index in [1.807, 2.05) is 11.0 Å². The van der Waals surface area contributed by atoms with Crippen LogP contribution in [0.5, 0.6) is 0 Å². The van der Waals surface area contributed by atoms with Crippen molar-refractivity contribution in [2.24, 2.45) is 0 Å². The number of carbonyl (C=O) groups is 1. The van der Waals surface area contributed by atoms with Crippen LogP contribution < -0.4 is 0 Å². The molecule has 1 aromatic heterocycles. The van der Waals surface area contributed by atoms with Crippen molar-refractivity contribution in [2.75, 3.05) is 6.54 Å². The lowest BCUT2D eigenvalue weighted by Gasteiger charge is -2.24. The Morgan fingerprint density at radius 2 is 2.24 bits per heavy atom. The lowest BCUT2D eigenvalue weighted by Crippen LogP contribution is -2.36. The molecule has 1 aliphatic rings. The third-order valence-corrected chi connectivity index (χ3v) is 4.21. The van der Waals surface area contributed by atoms with Crippen LogP contribution in [-0.4, -0.2) is 23.4 Å². The molecule has 0 N–H and O–H groups in total. The number of nitrogens with zero attached hydrogens (tertiary/aromatic N) is 1. The molecular formula is C16H15BrFNO2. The van der Waals surface area contributed by atoms with Gasteiger partial charge in [0.1, 0.15) is 5.82 Å². The highest BCUT2D eigenvalue weighted by Crippen LogP contribution is 2.25. The van der Waals surface area contributed by atoms with Crippen LogP contribution in [0, 0.1) is 5.82 Å². The first-order valence-electron chi connectivity index (χ1n) is 6.94. The summed E-state index contributed by atoms with van der Waals surface area (Å²) in [5, 5.41) is 0. The molecule has 1 amide bonds. The molecule has 0 aliphatic carbocycles. The minimum atomic E-state index is -0.238. The van der Waals surface area contributed by atoms with E-state index in [1.54, 1.807) is 18.2 Å². The van der Waals surface area contributed by atoms with Crippen molar-refractivity contribution in [1.29, 1.82) is 0 Å². The number of hydrogen-bond donors (Lipinski definition) is 0. The van der Waals surface area contributed by atoms with Crippen molar-refractivity contribution >= 4 is 21.8 Å². The summed E-state index contributed by atoms with van der Waals surface area (Å²) in [6.45, 7) is 0.719. The molecule has 1 fully saturated rings. The van der Waals surface area contributed by atoms with Crippen molar-refractivity contribution in [2.45, 2.75) is 25.3 Å². The number of halogens is 2. The summed E-state index contributed by atoms with van der Waals surface area (Å²) in [6.07, 6.45) is 2.57. The summed E-state index contributed by atoms with van der Waals surface area (Å²) in [4.78, 5) is 14.3. The lowest BCUT2D eigenvalue weighted by atomic mass is 10.0. The van der Waals surface area contributed by atoms with E-state index in [9.17, 15) is 9.18 Å². The van der Waals surface area contributed by atoms with Gasteiger partial charge in [0.15, 0.2) is 10.4 Å². The molecule has 2 heterocycles. The third kappa shape index (κ3) is 3.18. The molecule has 1 aliphatic heterocycles. The fourth-order valence-corrected chi connectivity index (χ4v) is 3.13.